The topological polar surface area (TPSA) is 30.5 Å². The maximum absolute atomic E-state index is 13.2. The zero-order valence-corrected chi connectivity index (χ0v) is 12.9. The Kier molecular flexibility index (Phi) is 5.04. The van der Waals surface area contributed by atoms with Crippen LogP contribution in [0, 0.1) is 5.82 Å². The Labute approximate surface area is 128 Å². The first kappa shape index (κ1) is 15.6. The third-order valence-electron chi connectivity index (χ3n) is 3.30. The second-order valence-electron chi connectivity index (χ2n) is 4.50. The van der Waals surface area contributed by atoms with Crippen LogP contribution in [0.2, 0.25) is 5.02 Å². The van der Waals surface area contributed by atoms with E-state index in [2.05, 4.69) is 5.32 Å². The molecule has 0 saturated carbocycles. The van der Waals surface area contributed by atoms with Crippen molar-refractivity contribution < 1.29 is 13.9 Å². The third-order valence-corrected chi connectivity index (χ3v) is 3.63. The number of hydrogen-bond acceptors (Lipinski definition) is 3. The van der Waals surface area contributed by atoms with Crippen LogP contribution in [0.25, 0.3) is 0 Å². The van der Waals surface area contributed by atoms with Crippen molar-refractivity contribution in [3.8, 4) is 11.5 Å². The Morgan fingerprint density at radius 3 is 2.33 bits per heavy atom. The highest BCUT2D eigenvalue weighted by Gasteiger charge is 2.17. The average molecular weight is 310 g/mol. The summed E-state index contributed by atoms with van der Waals surface area (Å²) in [5.74, 6) is 0.931. The van der Waals surface area contributed by atoms with Crippen LogP contribution in [0.3, 0.4) is 0 Å². The summed E-state index contributed by atoms with van der Waals surface area (Å²) in [6.45, 7) is 0. The Bertz CT molecular complexity index is 634. The molecule has 3 nitrogen and oxygen atoms in total. The van der Waals surface area contributed by atoms with Crippen molar-refractivity contribution >= 4 is 11.6 Å². The van der Waals surface area contributed by atoms with E-state index in [1.807, 2.05) is 25.2 Å². The van der Waals surface area contributed by atoms with Crippen LogP contribution in [0.4, 0.5) is 4.39 Å². The fraction of sp³-hybridized carbons (Fsp3) is 0.250. The van der Waals surface area contributed by atoms with Crippen molar-refractivity contribution in [1.82, 2.24) is 5.32 Å². The van der Waals surface area contributed by atoms with Gasteiger partial charge in [-0.1, -0.05) is 23.7 Å². The molecule has 2 aromatic rings. The summed E-state index contributed by atoms with van der Waals surface area (Å²) in [5.41, 5.74) is 1.75. The molecule has 2 rings (SSSR count). The van der Waals surface area contributed by atoms with Crippen LogP contribution in [-0.4, -0.2) is 21.3 Å². The van der Waals surface area contributed by atoms with E-state index in [1.165, 1.54) is 12.1 Å². The molecule has 0 fully saturated rings. The SMILES string of the molecule is CNC(c1ccc(OC)c(OC)c1)c1ccc(F)cc1Cl. The molecular weight excluding hydrogens is 293 g/mol. The van der Waals surface area contributed by atoms with Crippen molar-refractivity contribution in [2.45, 2.75) is 6.04 Å². The summed E-state index contributed by atoms with van der Waals surface area (Å²) in [7, 11) is 4.99. The molecule has 0 radical (unpaired) electrons. The van der Waals surface area contributed by atoms with E-state index in [0.29, 0.717) is 16.5 Å². The van der Waals surface area contributed by atoms with Crippen molar-refractivity contribution in [2.24, 2.45) is 0 Å². The van der Waals surface area contributed by atoms with Crippen LogP contribution in [0.1, 0.15) is 17.2 Å². The van der Waals surface area contributed by atoms with Gasteiger partial charge in [-0.2, -0.15) is 0 Å². The second kappa shape index (κ2) is 6.78. The van der Waals surface area contributed by atoms with E-state index in [-0.39, 0.29) is 11.9 Å². The predicted octanol–water partition coefficient (Wildman–Crippen LogP) is 3.81. The van der Waals surface area contributed by atoms with Crippen LogP contribution in [-0.2, 0) is 0 Å². The lowest BCUT2D eigenvalue weighted by atomic mass is 9.98. The molecule has 2 aromatic carbocycles. The zero-order chi connectivity index (χ0) is 15.4. The van der Waals surface area contributed by atoms with Gasteiger partial charge >= 0.3 is 0 Å². The third kappa shape index (κ3) is 3.28. The molecule has 0 aromatic heterocycles. The molecule has 1 N–H and O–H groups in total. The Morgan fingerprint density at radius 2 is 1.76 bits per heavy atom. The monoisotopic (exact) mass is 309 g/mol. The van der Waals surface area contributed by atoms with E-state index in [9.17, 15) is 4.39 Å². The Balaban J connectivity index is 2.46. The maximum atomic E-state index is 13.2. The number of benzene rings is 2. The molecule has 0 spiro atoms. The molecule has 0 heterocycles. The van der Waals surface area contributed by atoms with Gasteiger partial charge < -0.3 is 14.8 Å². The lowest BCUT2D eigenvalue weighted by Gasteiger charge is -2.20. The van der Waals surface area contributed by atoms with Gasteiger partial charge in [-0.15, -0.1) is 0 Å². The summed E-state index contributed by atoms with van der Waals surface area (Å²) in [6.07, 6.45) is 0. The highest BCUT2D eigenvalue weighted by atomic mass is 35.5. The molecule has 0 aliphatic rings. The minimum Gasteiger partial charge on any atom is -0.493 e. The van der Waals surface area contributed by atoms with Crippen molar-refractivity contribution in [1.29, 1.82) is 0 Å². The number of hydrogen-bond donors (Lipinski definition) is 1. The number of nitrogens with one attached hydrogen (secondary N) is 1. The molecule has 1 atom stereocenters. The summed E-state index contributed by atoms with van der Waals surface area (Å²) in [6, 6.07) is 9.83. The standard InChI is InChI=1S/C16H17ClFNO2/c1-19-16(12-6-5-11(18)9-13(12)17)10-4-7-14(20-2)15(8-10)21-3/h4-9,16,19H,1-3H3. The van der Waals surface area contributed by atoms with Gasteiger partial charge in [0.25, 0.3) is 0 Å². The predicted molar refractivity (Wildman–Crippen MR) is 81.9 cm³/mol. The molecule has 5 heteroatoms. The minimum atomic E-state index is -0.356. The molecule has 0 aliphatic carbocycles. The number of rotatable bonds is 5. The van der Waals surface area contributed by atoms with Gasteiger partial charge in [0, 0.05) is 5.02 Å². The fourth-order valence-corrected chi connectivity index (χ4v) is 2.55. The minimum absolute atomic E-state index is 0.169. The summed E-state index contributed by atoms with van der Waals surface area (Å²) >= 11 is 6.15. The Hall–Kier alpha value is -1.78. The molecule has 112 valence electrons. The van der Waals surface area contributed by atoms with Crippen molar-refractivity contribution in [3.63, 3.8) is 0 Å². The van der Waals surface area contributed by atoms with E-state index in [0.717, 1.165) is 11.1 Å². The highest BCUT2D eigenvalue weighted by molar-refractivity contribution is 6.31. The van der Waals surface area contributed by atoms with Gasteiger partial charge in [0.2, 0.25) is 0 Å². The van der Waals surface area contributed by atoms with Crippen LogP contribution in [0.15, 0.2) is 36.4 Å². The van der Waals surface area contributed by atoms with Gasteiger partial charge in [0.15, 0.2) is 11.5 Å². The van der Waals surface area contributed by atoms with E-state index in [4.69, 9.17) is 21.1 Å². The first-order chi connectivity index (χ1) is 10.1. The fourth-order valence-electron chi connectivity index (χ4n) is 2.27. The first-order valence-corrected chi connectivity index (χ1v) is 6.82. The molecule has 0 aliphatic heterocycles. The summed E-state index contributed by atoms with van der Waals surface area (Å²) in [5, 5.41) is 3.56. The highest BCUT2D eigenvalue weighted by Crippen LogP contribution is 2.34. The van der Waals surface area contributed by atoms with Gasteiger partial charge in [-0.05, 0) is 42.4 Å². The average Bonchev–Trinajstić information content (AvgIpc) is 2.49. The van der Waals surface area contributed by atoms with Crippen LogP contribution < -0.4 is 14.8 Å². The van der Waals surface area contributed by atoms with Gasteiger partial charge in [-0.3, -0.25) is 0 Å². The molecule has 1 unspecified atom stereocenters. The van der Waals surface area contributed by atoms with Crippen LogP contribution in [0.5, 0.6) is 11.5 Å². The number of methoxy groups -OCH3 is 2. The zero-order valence-electron chi connectivity index (χ0n) is 12.1. The summed E-state index contributed by atoms with van der Waals surface area (Å²) in [4.78, 5) is 0. The molecule has 0 amide bonds. The number of ether oxygens (including phenoxy) is 2. The summed E-state index contributed by atoms with van der Waals surface area (Å²) < 4.78 is 23.7. The molecule has 21 heavy (non-hydrogen) atoms. The smallest absolute Gasteiger partial charge is 0.161 e. The van der Waals surface area contributed by atoms with E-state index in [1.54, 1.807) is 20.3 Å². The quantitative estimate of drug-likeness (QED) is 0.911. The number of halogens is 2. The second-order valence-corrected chi connectivity index (χ2v) is 4.91. The maximum Gasteiger partial charge on any atom is 0.161 e. The van der Waals surface area contributed by atoms with Crippen molar-refractivity contribution in [2.75, 3.05) is 21.3 Å². The molecular formula is C16H17ClFNO2. The van der Waals surface area contributed by atoms with Gasteiger partial charge in [-0.25, -0.2) is 4.39 Å². The molecule has 0 bridgehead atoms. The Morgan fingerprint density at radius 1 is 1.05 bits per heavy atom. The lowest BCUT2D eigenvalue weighted by Crippen LogP contribution is -2.18. The molecule has 0 saturated heterocycles. The largest absolute Gasteiger partial charge is 0.493 e. The van der Waals surface area contributed by atoms with Gasteiger partial charge in [0.1, 0.15) is 5.82 Å². The van der Waals surface area contributed by atoms with Gasteiger partial charge in [0.05, 0.1) is 20.3 Å². The van der Waals surface area contributed by atoms with Crippen LogP contribution >= 0.6 is 11.6 Å². The lowest BCUT2D eigenvalue weighted by molar-refractivity contribution is 0.354. The van der Waals surface area contributed by atoms with Crippen molar-refractivity contribution in [3.05, 3.63) is 58.4 Å². The first-order valence-electron chi connectivity index (χ1n) is 6.44. The normalized spacial score (nSPS) is 12.0. The van der Waals surface area contributed by atoms with E-state index < -0.39 is 0 Å². The van der Waals surface area contributed by atoms with E-state index >= 15 is 0 Å².